The van der Waals surface area contributed by atoms with Crippen molar-refractivity contribution < 1.29 is 0 Å². The van der Waals surface area contributed by atoms with Crippen molar-refractivity contribution in [2.45, 2.75) is 0 Å². The third kappa shape index (κ3) is 1.60. The predicted molar refractivity (Wildman–Crippen MR) is 82.1 cm³/mol. The fourth-order valence-corrected chi connectivity index (χ4v) is 3.28. The van der Waals surface area contributed by atoms with Gasteiger partial charge in [-0.05, 0) is 18.2 Å². The molecule has 3 aromatic heterocycles. The van der Waals surface area contributed by atoms with Crippen LogP contribution in [0.4, 0.5) is 0 Å². The molecule has 98 valence electrons. The lowest BCUT2D eigenvalue weighted by Crippen LogP contribution is -2.12. The Bertz CT molecular complexity index is 998. The van der Waals surface area contributed by atoms with E-state index < -0.39 is 0 Å². The predicted octanol–water partition coefficient (Wildman–Crippen LogP) is 3.58. The van der Waals surface area contributed by atoms with E-state index in [-0.39, 0.29) is 5.56 Å². The molecule has 0 aliphatic heterocycles. The van der Waals surface area contributed by atoms with Gasteiger partial charge in [0.1, 0.15) is 5.00 Å². The van der Waals surface area contributed by atoms with Crippen molar-refractivity contribution in [3.63, 3.8) is 0 Å². The topological polar surface area (TPSA) is 50.7 Å². The lowest BCUT2D eigenvalue weighted by atomic mass is 10.2. The van der Waals surface area contributed by atoms with Gasteiger partial charge >= 0.3 is 0 Å². The first-order valence-corrected chi connectivity index (χ1v) is 7.18. The molecule has 4 nitrogen and oxygen atoms in total. The number of halogens is 1. The van der Waals surface area contributed by atoms with Crippen LogP contribution in [-0.2, 0) is 0 Å². The molecule has 0 bridgehead atoms. The minimum Gasteiger partial charge on any atom is -0.289 e. The Morgan fingerprint density at radius 3 is 2.80 bits per heavy atom. The van der Waals surface area contributed by atoms with Gasteiger partial charge in [-0.15, -0.1) is 11.3 Å². The molecule has 1 aromatic carbocycles. The number of hydrogen-bond donors (Lipinski definition) is 1. The molecule has 1 N–H and O–H groups in total. The van der Waals surface area contributed by atoms with Crippen LogP contribution in [0.15, 0.2) is 47.4 Å². The maximum absolute atomic E-state index is 12.4. The highest BCUT2D eigenvalue weighted by Gasteiger charge is 2.12. The van der Waals surface area contributed by atoms with E-state index in [2.05, 4.69) is 10.1 Å². The van der Waals surface area contributed by atoms with Gasteiger partial charge in [0.05, 0.1) is 20.8 Å². The van der Waals surface area contributed by atoms with E-state index in [1.807, 2.05) is 30.3 Å². The first-order chi connectivity index (χ1) is 9.74. The standard InChI is InChI=1S/C14H8ClN3OS/c15-11-5-6-12(20-11)18-14(19)9-7-16-10-4-2-1-3-8(10)13(9)17-18/h1-7,17H. The molecule has 0 radical (unpaired) electrons. The number of nitrogens with one attached hydrogen (secondary N) is 1. The number of aromatic nitrogens is 3. The maximum atomic E-state index is 12.4. The number of hydrogen-bond acceptors (Lipinski definition) is 3. The van der Waals surface area contributed by atoms with Crippen LogP contribution in [0.5, 0.6) is 0 Å². The summed E-state index contributed by atoms with van der Waals surface area (Å²) in [5, 5.41) is 5.43. The molecule has 0 fully saturated rings. The zero-order valence-corrected chi connectivity index (χ0v) is 11.7. The first-order valence-electron chi connectivity index (χ1n) is 5.98. The number of nitrogens with zero attached hydrogens (tertiary/aromatic N) is 2. The second kappa shape index (κ2) is 4.19. The van der Waals surface area contributed by atoms with Gasteiger partial charge in [0.25, 0.3) is 5.56 Å². The Kier molecular flexibility index (Phi) is 2.45. The zero-order chi connectivity index (χ0) is 13.7. The Hall–Kier alpha value is -2.11. The lowest BCUT2D eigenvalue weighted by molar-refractivity contribution is 0.881. The minimum atomic E-state index is -0.114. The Morgan fingerprint density at radius 2 is 2.00 bits per heavy atom. The molecular weight excluding hydrogens is 294 g/mol. The molecule has 3 heterocycles. The molecule has 0 saturated carbocycles. The smallest absolute Gasteiger partial charge is 0.281 e. The Balaban J connectivity index is 2.12. The quantitative estimate of drug-likeness (QED) is 0.584. The molecule has 6 heteroatoms. The fourth-order valence-electron chi connectivity index (χ4n) is 2.29. The van der Waals surface area contributed by atoms with E-state index >= 15 is 0 Å². The largest absolute Gasteiger partial charge is 0.289 e. The molecule has 4 aromatic rings. The van der Waals surface area contributed by atoms with Gasteiger partial charge in [-0.1, -0.05) is 29.8 Å². The summed E-state index contributed by atoms with van der Waals surface area (Å²) in [5.41, 5.74) is 1.54. The van der Waals surface area contributed by atoms with Crippen molar-refractivity contribution in [1.29, 1.82) is 0 Å². The molecule has 0 saturated heterocycles. The minimum absolute atomic E-state index is 0.114. The molecule has 20 heavy (non-hydrogen) atoms. The second-order valence-corrected chi connectivity index (χ2v) is 6.09. The van der Waals surface area contributed by atoms with Crippen LogP contribution in [0.3, 0.4) is 0 Å². The van der Waals surface area contributed by atoms with Crippen LogP contribution < -0.4 is 5.56 Å². The molecular formula is C14H8ClN3OS. The fraction of sp³-hybridized carbons (Fsp3) is 0. The molecule has 0 spiro atoms. The number of pyridine rings is 1. The van der Waals surface area contributed by atoms with E-state index in [4.69, 9.17) is 11.6 Å². The van der Waals surface area contributed by atoms with Gasteiger partial charge in [0, 0.05) is 11.6 Å². The highest BCUT2D eigenvalue weighted by Crippen LogP contribution is 2.25. The number of fused-ring (bicyclic) bond motifs is 3. The van der Waals surface area contributed by atoms with Crippen LogP contribution in [0.25, 0.3) is 26.8 Å². The summed E-state index contributed by atoms with van der Waals surface area (Å²) in [7, 11) is 0. The molecule has 0 amide bonds. The number of thiophene rings is 1. The van der Waals surface area contributed by atoms with Gasteiger partial charge in [-0.3, -0.25) is 14.9 Å². The maximum Gasteiger partial charge on any atom is 0.281 e. The van der Waals surface area contributed by atoms with E-state index in [0.717, 1.165) is 21.4 Å². The molecule has 0 atom stereocenters. The average molecular weight is 302 g/mol. The van der Waals surface area contributed by atoms with E-state index in [9.17, 15) is 4.79 Å². The second-order valence-electron chi connectivity index (χ2n) is 4.39. The first kappa shape index (κ1) is 11.7. The number of H-pyrrole nitrogens is 1. The van der Waals surface area contributed by atoms with Crippen LogP contribution in [0, 0.1) is 0 Å². The van der Waals surface area contributed by atoms with Crippen LogP contribution in [0.2, 0.25) is 4.34 Å². The third-order valence-electron chi connectivity index (χ3n) is 3.21. The third-order valence-corrected chi connectivity index (χ3v) is 4.43. The van der Waals surface area contributed by atoms with Crippen molar-refractivity contribution >= 4 is 44.7 Å². The highest BCUT2D eigenvalue weighted by molar-refractivity contribution is 7.18. The Morgan fingerprint density at radius 1 is 1.15 bits per heavy atom. The van der Waals surface area contributed by atoms with Crippen molar-refractivity contribution in [2.24, 2.45) is 0 Å². The van der Waals surface area contributed by atoms with E-state index in [1.54, 1.807) is 12.3 Å². The summed E-state index contributed by atoms with van der Waals surface area (Å²) in [6.45, 7) is 0. The molecule has 0 aliphatic carbocycles. The van der Waals surface area contributed by atoms with Crippen LogP contribution in [-0.4, -0.2) is 14.8 Å². The number of para-hydroxylation sites is 1. The van der Waals surface area contributed by atoms with Crippen molar-refractivity contribution in [3.8, 4) is 5.00 Å². The summed E-state index contributed by atoms with van der Waals surface area (Å²) in [6, 6.07) is 11.3. The lowest BCUT2D eigenvalue weighted by Gasteiger charge is -1.97. The van der Waals surface area contributed by atoms with Gasteiger partial charge in [0.2, 0.25) is 0 Å². The van der Waals surface area contributed by atoms with E-state index in [1.165, 1.54) is 16.0 Å². The molecule has 0 aliphatic rings. The van der Waals surface area contributed by atoms with Crippen molar-refractivity contribution in [1.82, 2.24) is 14.8 Å². The van der Waals surface area contributed by atoms with Gasteiger partial charge in [-0.2, -0.15) is 0 Å². The Labute approximate surface area is 122 Å². The van der Waals surface area contributed by atoms with Gasteiger partial charge in [-0.25, -0.2) is 4.68 Å². The van der Waals surface area contributed by atoms with Gasteiger partial charge < -0.3 is 0 Å². The molecule has 0 unspecified atom stereocenters. The number of rotatable bonds is 1. The zero-order valence-electron chi connectivity index (χ0n) is 10.1. The van der Waals surface area contributed by atoms with Crippen LogP contribution in [0.1, 0.15) is 0 Å². The summed E-state index contributed by atoms with van der Waals surface area (Å²) in [4.78, 5) is 16.8. The van der Waals surface area contributed by atoms with E-state index in [0.29, 0.717) is 9.72 Å². The van der Waals surface area contributed by atoms with Crippen molar-refractivity contribution in [3.05, 3.63) is 57.3 Å². The summed E-state index contributed by atoms with van der Waals surface area (Å²) in [5.74, 6) is 0. The monoisotopic (exact) mass is 301 g/mol. The summed E-state index contributed by atoms with van der Waals surface area (Å²) < 4.78 is 2.16. The molecule has 4 rings (SSSR count). The van der Waals surface area contributed by atoms with Crippen LogP contribution >= 0.6 is 22.9 Å². The normalized spacial score (nSPS) is 11.4. The van der Waals surface area contributed by atoms with Gasteiger partial charge in [0.15, 0.2) is 0 Å². The van der Waals surface area contributed by atoms with Crippen molar-refractivity contribution in [2.75, 3.05) is 0 Å². The SMILES string of the molecule is O=c1c2cnc3ccccc3c2[nH]n1-c1ccc(Cl)s1. The number of benzene rings is 1. The average Bonchev–Trinajstić information content (AvgIpc) is 3.03. The summed E-state index contributed by atoms with van der Waals surface area (Å²) >= 11 is 7.29. The highest BCUT2D eigenvalue weighted by atomic mass is 35.5. The summed E-state index contributed by atoms with van der Waals surface area (Å²) in [6.07, 6.45) is 1.61. The number of aromatic amines is 1.